The highest BCUT2D eigenvalue weighted by Gasteiger charge is 2.19. The van der Waals surface area contributed by atoms with Crippen LogP contribution in [0.2, 0.25) is 0 Å². The van der Waals surface area contributed by atoms with Crippen LogP contribution in [0, 0.1) is 18.3 Å². The third-order valence-corrected chi connectivity index (χ3v) is 3.78. The van der Waals surface area contributed by atoms with E-state index in [1.54, 1.807) is 11.8 Å². The number of nitriles is 1. The van der Waals surface area contributed by atoms with E-state index in [0.717, 1.165) is 24.1 Å². The highest BCUT2D eigenvalue weighted by molar-refractivity contribution is 7.98. The van der Waals surface area contributed by atoms with Crippen molar-refractivity contribution in [2.75, 3.05) is 6.26 Å². The summed E-state index contributed by atoms with van der Waals surface area (Å²) in [5, 5.41) is 9.13. The van der Waals surface area contributed by atoms with E-state index < -0.39 is 0 Å². The fourth-order valence-corrected chi connectivity index (χ4v) is 3.05. The number of fused-ring (bicyclic) bond motifs is 1. The summed E-state index contributed by atoms with van der Waals surface area (Å²) in [6.45, 7) is 1.94. The molecule has 0 N–H and O–H groups in total. The molecule has 15 heavy (non-hydrogen) atoms. The zero-order chi connectivity index (χ0) is 10.8. The van der Waals surface area contributed by atoms with E-state index in [1.165, 1.54) is 29.0 Å². The van der Waals surface area contributed by atoms with Gasteiger partial charge >= 0.3 is 0 Å². The van der Waals surface area contributed by atoms with Crippen molar-refractivity contribution in [1.29, 1.82) is 5.26 Å². The van der Waals surface area contributed by atoms with E-state index in [-0.39, 0.29) is 0 Å². The van der Waals surface area contributed by atoms with Crippen molar-refractivity contribution in [2.45, 2.75) is 37.5 Å². The molecule has 2 rings (SSSR count). The third-order valence-electron chi connectivity index (χ3n) is 2.92. The Kier molecular flexibility index (Phi) is 2.97. The Balaban J connectivity index is 2.66. The van der Waals surface area contributed by atoms with E-state index in [4.69, 9.17) is 5.26 Å². The van der Waals surface area contributed by atoms with Gasteiger partial charge in [0.2, 0.25) is 0 Å². The monoisotopic (exact) mass is 218 g/mol. The highest BCUT2D eigenvalue weighted by atomic mass is 32.2. The molecule has 0 amide bonds. The molecule has 3 heteroatoms. The average molecular weight is 218 g/mol. The predicted molar refractivity (Wildman–Crippen MR) is 62.1 cm³/mol. The van der Waals surface area contributed by atoms with Gasteiger partial charge in [-0.1, -0.05) is 0 Å². The first-order valence-electron chi connectivity index (χ1n) is 5.24. The number of pyridine rings is 1. The van der Waals surface area contributed by atoms with Crippen LogP contribution in [0.1, 0.15) is 35.4 Å². The van der Waals surface area contributed by atoms with E-state index in [0.29, 0.717) is 0 Å². The molecule has 0 spiro atoms. The summed E-state index contributed by atoms with van der Waals surface area (Å²) in [5.74, 6) is 0. The third kappa shape index (κ3) is 1.74. The molecule has 1 aliphatic carbocycles. The van der Waals surface area contributed by atoms with Gasteiger partial charge in [-0.05, 0) is 44.4 Å². The van der Waals surface area contributed by atoms with Gasteiger partial charge in [-0.2, -0.15) is 5.26 Å². The molecule has 1 aromatic rings. The normalized spacial score (nSPS) is 14.5. The maximum Gasteiger partial charge on any atom is 0.102 e. The smallest absolute Gasteiger partial charge is 0.102 e. The number of thioether (sulfide) groups is 1. The zero-order valence-electron chi connectivity index (χ0n) is 9.13. The van der Waals surface area contributed by atoms with Crippen LogP contribution in [0.15, 0.2) is 4.90 Å². The standard InChI is InChI=1S/C12H14N2S/c1-8-10(7-13)12(15-2)9-5-3-4-6-11(9)14-8/h3-6H2,1-2H3. The predicted octanol–water partition coefficient (Wildman–Crippen LogP) is 2.86. The molecular weight excluding hydrogens is 204 g/mol. The highest BCUT2D eigenvalue weighted by Crippen LogP contribution is 2.32. The Morgan fingerprint density at radius 3 is 2.73 bits per heavy atom. The molecular formula is C12H14N2S. The van der Waals surface area contributed by atoms with Crippen LogP contribution in [-0.4, -0.2) is 11.2 Å². The Labute approximate surface area is 94.7 Å². The lowest BCUT2D eigenvalue weighted by atomic mass is 9.94. The van der Waals surface area contributed by atoms with Crippen molar-refractivity contribution in [1.82, 2.24) is 4.98 Å². The molecule has 0 aliphatic heterocycles. The van der Waals surface area contributed by atoms with Gasteiger partial charge in [-0.25, -0.2) is 0 Å². The maximum absolute atomic E-state index is 9.13. The topological polar surface area (TPSA) is 36.7 Å². The largest absolute Gasteiger partial charge is 0.256 e. The van der Waals surface area contributed by atoms with Crippen LogP contribution in [0.25, 0.3) is 0 Å². The lowest BCUT2D eigenvalue weighted by molar-refractivity contribution is 0.653. The Bertz CT molecular complexity index is 432. The summed E-state index contributed by atoms with van der Waals surface area (Å²) in [4.78, 5) is 5.72. The van der Waals surface area contributed by atoms with Gasteiger partial charge in [0.25, 0.3) is 0 Å². The van der Waals surface area contributed by atoms with Crippen molar-refractivity contribution < 1.29 is 0 Å². The summed E-state index contributed by atoms with van der Waals surface area (Å²) in [6, 6.07) is 2.28. The second-order valence-corrected chi connectivity index (χ2v) is 4.67. The minimum atomic E-state index is 0.781. The first-order valence-corrected chi connectivity index (χ1v) is 6.47. The first kappa shape index (κ1) is 10.5. The Morgan fingerprint density at radius 2 is 2.07 bits per heavy atom. The summed E-state index contributed by atoms with van der Waals surface area (Å²) >= 11 is 1.69. The molecule has 78 valence electrons. The van der Waals surface area contributed by atoms with Gasteiger partial charge in [0.05, 0.1) is 11.3 Å². The summed E-state index contributed by atoms with van der Waals surface area (Å²) < 4.78 is 0. The molecule has 0 radical (unpaired) electrons. The fraction of sp³-hybridized carbons (Fsp3) is 0.500. The van der Waals surface area contributed by atoms with Gasteiger partial charge in [0.1, 0.15) is 6.07 Å². The molecule has 1 heterocycles. The number of hydrogen-bond acceptors (Lipinski definition) is 3. The molecule has 0 aromatic carbocycles. The van der Waals surface area contributed by atoms with Gasteiger partial charge in [0, 0.05) is 10.6 Å². The van der Waals surface area contributed by atoms with Gasteiger partial charge in [-0.3, -0.25) is 4.98 Å². The van der Waals surface area contributed by atoms with E-state index in [9.17, 15) is 0 Å². The van der Waals surface area contributed by atoms with E-state index in [1.807, 2.05) is 13.2 Å². The van der Waals surface area contributed by atoms with E-state index >= 15 is 0 Å². The molecule has 0 unspecified atom stereocenters. The second-order valence-electron chi connectivity index (χ2n) is 3.85. The van der Waals surface area contributed by atoms with Gasteiger partial charge < -0.3 is 0 Å². The van der Waals surface area contributed by atoms with Crippen molar-refractivity contribution in [2.24, 2.45) is 0 Å². The molecule has 2 nitrogen and oxygen atoms in total. The lowest BCUT2D eigenvalue weighted by Gasteiger charge is -2.19. The first-order chi connectivity index (χ1) is 7.27. The number of nitrogens with zero attached hydrogens (tertiary/aromatic N) is 2. The summed E-state index contributed by atoms with van der Waals surface area (Å²) in [7, 11) is 0. The van der Waals surface area contributed by atoms with Crippen molar-refractivity contribution in [3.05, 3.63) is 22.5 Å². The van der Waals surface area contributed by atoms with Crippen LogP contribution in [0.3, 0.4) is 0 Å². The molecule has 0 saturated heterocycles. The summed E-state index contributed by atoms with van der Waals surface area (Å²) in [5.41, 5.74) is 4.23. The number of aromatic nitrogens is 1. The van der Waals surface area contributed by atoms with Crippen molar-refractivity contribution in [3.8, 4) is 6.07 Å². The van der Waals surface area contributed by atoms with Crippen LogP contribution in [-0.2, 0) is 12.8 Å². The van der Waals surface area contributed by atoms with Crippen molar-refractivity contribution in [3.63, 3.8) is 0 Å². The fourth-order valence-electron chi connectivity index (χ4n) is 2.19. The number of hydrogen-bond donors (Lipinski definition) is 0. The minimum absolute atomic E-state index is 0.781. The summed E-state index contributed by atoms with van der Waals surface area (Å²) in [6.07, 6.45) is 6.68. The number of aryl methyl sites for hydroxylation is 2. The minimum Gasteiger partial charge on any atom is -0.256 e. The second kappa shape index (κ2) is 4.24. The molecule has 0 saturated carbocycles. The molecule has 1 aromatic heterocycles. The molecule has 0 atom stereocenters. The maximum atomic E-state index is 9.13. The molecule has 0 bridgehead atoms. The van der Waals surface area contributed by atoms with Gasteiger partial charge in [0.15, 0.2) is 0 Å². The quantitative estimate of drug-likeness (QED) is 0.680. The zero-order valence-corrected chi connectivity index (χ0v) is 9.95. The average Bonchev–Trinajstić information content (AvgIpc) is 2.27. The van der Waals surface area contributed by atoms with Crippen molar-refractivity contribution >= 4 is 11.8 Å². The van der Waals surface area contributed by atoms with Gasteiger partial charge in [-0.15, -0.1) is 11.8 Å². The lowest BCUT2D eigenvalue weighted by Crippen LogP contribution is -2.10. The molecule has 0 fully saturated rings. The SMILES string of the molecule is CSc1c(C#N)c(C)nc2c1CCCC2. The van der Waals surface area contributed by atoms with Crippen LogP contribution >= 0.6 is 11.8 Å². The molecule has 1 aliphatic rings. The van der Waals surface area contributed by atoms with E-state index in [2.05, 4.69) is 11.1 Å². The van der Waals surface area contributed by atoms with Crippen LogP contribution < -0.4 is 0 Å². The van der Waals surface area contributed by atoms with Crippen LogP contribution in [0.4, 0.5) is 0 Å². The Hall–Kier alpha value is -1.01. The van der Waals surface area contributed by atoms with Crippen LogP contribution in [0.5, 0.6) is 0 Å². The number of rotatable bonds is 1. The Morgan fingerprint density at radius 1 is 1.33 bits per heavy atom.